The van der Waals surface area contributed by atoms with Gasteiger partial charge in [-0.15, -0.1) is 0 Å². The van der Waals surface area contributed by atoms with Crippen molar-refractivity contribution in [3.63, 3.8) is 0 Å². The maximum absolute atomic E-state index is 11.2. The van der Waals surface area contributed by atoms with Gasteiger partial charge in [0, 0.05) is 0 Å². The molecule has 0 aromatic carbocycles. The molecule has 2 unspecified atom stereocenters. The molecule has 0 aliphatic heterocycles. The van der Waals surface area contributed by atoms with E-state index in [9.17, 15) is 9.90 Å². The topological polar surface area (TPSA) is 37.3 Å². The van der Waals surface area contributed by atoms with Gasteiger partial charge in [0.1, 0.15) is 0 Å². The molecular weight excluding hydrogens is 344 g/mol. The highest BCUT2D eigenvalue weighted by Crippen LogP contribution is 2.46. The van der Waals surface area contributed by atoms with Gasteiger partial charge in [0.15, 0.2) is 0 Å². The largest absolute Gasteiger partial charge is 0.481 e. The van der Waals surface area contributed by atoms with Crippen molar-refractivity contribution in [2.45, 2.75) is 111 Å². The van der Waals surface area contributed by atoms with Crippen LogP contribution in [0.4, 0.5) is 0 Å². The Labute approximate surface area is 174 Å². The highest BCUT2D eigenvalue weighted by molar-refractivity contribution is 5.69. The summed E-state index contributed by atoms with van der Waals surface area (Å²) in [5, 5.41) is 9.24. The lowest BCUT2D eigenvalue weighted by Crippen LogP contribution is -2.32. The molecule has 2 atom stereocenters. The van der Waals surface area contributed by atoms with E-state index in [0.29, 0.717) is 0 Å². The molecule has 0 aromatic rings. The van der Waals surface area contributed by atoms with Crippen LogP contribution in [0.15, 0.2) is 0 Å². The average Bonchev–Trinajstić information content (AvgIpc) is 2.74. The van der Waals surface area contributed by atoms with Gasteiger partial charge in [-0.25, -0.2) is 0 Å². The zero-order valence-electron chi connectivity index (χ0n) is 18.9. The van der Waals surface area contributed by atoms with Gasteiger partial charge in [-0.1, -0.05) is 46.5 Å². The Bertz CT molecular complexity index is 463. The van der Waals surface area contributed by atoms with Gasteiger partial charge in [0.05, 0.1) is 5.92 Å². The van der Waals surface area contributed by atoms with Crippen molar-refractivity contribution in [1.29, 1.82) is 0 Å². The summed E-state index contributed by atoms with van der Waals surface area (Å²) >= 11 is 0. The summed E-state index contributed by atoms with van der Waals surface area (Å²) in [5.41, 5.74) is 0. The molecule has 2 nitrogen and oxygen atoms in total. The number of carbonyl (C=O) groups is 1. The fourth-order valence-electron chi connectivity index (χ4n) is 7.27. The van der Waals surface area contributed by atoms with E-state index in [1.54, 1.807) is 0 Å². The van der Waals surface area contributed by atoms with E-state index < -0.39 is 5.97 Å². The van der Waals surface area contributed by atoms with Gasteiger partial charge >= 0.3 is 5.97 Å². The third-order valence-corrected chi connectivity index (χ3v) is 9.50. The Morgan fingerprint density at radius 2 is 1.07 bits per heavy atom. The van der Waals surface area contributed by atoms with Crippen LogP contribution in [-0.2, 0) is 4.79 Å². The molecule has 0 spiro atoms. The van der Waals surface area contributed by atoms with E-state index in [1.807, 2.05) is 0 Å². The van der Waals surface area contributed by atoms with E-state index in [-0.39, 0.29) is 5.92 Å². The number of hydrogen-bond acceptors (Lipinski definition) is 1. The third kappa shape index (κ3) is 5.54. The molecule has 28 heavy (non-hydrogen) atoms. The van der Waals surface area contributed by atoms with Gasteiger partial charge in [0.25, 0.3) is 0 Å². The average molecular weight is 391 g/mol. The van der Waals surface area contributed by atoms with E-state index in [4.69, 9.17) is 0 Å². The van der Waals surface area contributed by atoms with Crippen molar-refractivity contribution >= 4 is 5.97 Å². The predicted molar refractivity (Wildman–Crippen MR) is 117 cm³/mol. The van der Waals surface area contributed by atoms with E-state index >= 15 is 0 Å². The second kappa shape index (κ2) is 10.5. The van der Waals surface area contributed by atoms with Crippen LogP contribution in [0, 0.1) is 47.3 Å². The van der Waals surface area contributed by atoms with Crippen LogP contribution in [0.1, 0.15) is 111 Å². The van der Waals surface area contributed by atoms with Gasteiger partial charge in [-0.05, 0) is 106 Å². The van der Waals surface area contributed by atoms with Crippen LogP contribution >= 0.6 is 0 Å². The zero-order chi connectivity index (χ0) is 20.1. The number of aliphatic carboxylic acids is 1. The van der Waals surface area contributed by atoms with Gasteiger partial charge < -0.3 is 5.11 Å². The van der Waals surface area contributed by atoms with Crippen molar-refractivity contribution in [1.82, 2.24) is 0 Å². The predicted octanol–water partition coefficient (Wildman–Crippen LogP) is 7.56. The fourth-order valence-corrected chi connectivity index (χ4v) is 7.27. The Kier molecular flexibility index (Phi) is 8.30. The smallest absolute Gasteiger partial charge is 0.306 e. The maximum Gasteiger partial charge on any atom is 0.306 e. The van der Waals surface area contributed by atoms with Gasteiger partial charge in [-0.2, -0.15) is 0 Å². The number of rotatable bonds is 7. The van der Waals surface area contributed by atoms with Crippen molar-refractivity contribution < 1.29 is 9.90 Å². The molecule has 0 amide bonds. The van der Waals surface area contributed by atoms with Gasteiger partial charge in [-0.3, -0.25) is 4.79 Å². The van der Waals surface area contributed by atoms with Crippen molar-refractivity contribution in [3.05, 3.63) is 0 Å². The fraction of sp³-hybridized carbons (Fsp3) is 0.962. The Morgan fingerprint density at radius 3 is 1.43 bits per heavy atom. The lowest BCUT2D eigenvalue weighted by molar-refractivity contribution is -0.143. The molecule has 1 N–H and O–H groups in total. The summed E-state index contributed by atoms with van der Waals surface area (Å²) in [6.45, 7) is 7.40. The number of carboxylic acids is 1. The Hall–Kier alpha value is -0.530. The normalized spacial score (nSPS) is 39.2. The minimum Gasteiger partial charge on any atom is -0.481 e. The van der Waals surface area contributed by atoms with Crippen molar-refractivity contribution in [2.24, 2.45) is 47.3 Å². The molecule has 3 saturated carbocycles. The maximum atomic E-state index is 11.2. The molecule has 3 aliphatic carbocycles. The lowest BCUT2D eigenvalue weighted by Gasteiger charge is -2.42. The molecule has 0 saturated heterocycles. The quantitative estimate of drug-likeness (QED) is 0.487. The van der Waals surface area contributed by atoms with E-state index in [0.717, 1.165) is 67.1 Å². The van der Waals surface area contributed by atoms with Crippen LogP contribution in [0.2, 0.25) is 0 Å². The third-order valence-electron chi connectivity index (χ3n) is 9.50. The second-order valence-electron chi connectivity index (χ2n) is 10.9. The van der Waals surface area contributed by atoms with Crippen LogP contribution in [0.3, 0.4) is 0 Å². The highest BCUT2D eigenvalue weighted by Gasteiger charge is 2.36. The molecule has 3 fully saturated rings. The first-order valence-corrected chi connectivity index (χ1v) is 12.7. The van der Waals surface area contributed by atoms with E-state index in [1.165, 1.54) is 64.2 Å². The molecular formula is C26H46O2. The lowest BCUT2D eigenvalue weighted by atomic mass is 9.63. The first kappa shape index (κ1) is 22.2. The molecule has 0 heterocycles. The summed E-state index contributed by atoms with van der Waals surface area (Å²) in [6, 6.07) is 0. The van der Waals surface area contributed by atoms with Crippen LogP contribution in [0.5, 0.6) is 0 Å². The summed E-state index contributed by atoms with van der Waals surface area (Å²) < 4.78 is 0. The minimum atomic E-state index is -0.565. The molecule has 3 aliphatic rings. The van der Waals surface area contributed by atoms with Crippen molar-refractivity contribution in [2.75, 3.05) is 0 Å². The number of hydrogen-bond donors (Lipinski definition) is 1. The summed E-state index contributed by atoms with van der Waals surface area (Å²) in [7, 11) is 0. The molecule has 2 heteroatoms. The molecule has 0 radical (unpaired) electrons. The van der Waals surface area contributed by atoms with Crippen molar-refractivity contribution in [3.8, 4) is 0 Å². The molecule has 3 rings (SSSR count). The van der Waals surface area contributed by atoms with Crippen LogP contribution in [-0.4, -0.2) is 11.1 Å². The van der Waals surface area contributed by atoms with Crippen LogP contribution < -0.4 is 0 Å². The van der Waals surface area contributed by atoms with E-state index in [2.05, 4.69) is 20.8 Å². The standard InChI is InChI=1S/C26H46O2/c1-4-5-20-6-8-21(9-7-20)18(2)22-10-12-23(13-11-22)19(3)24-14-16-25(17-15-24)26(27)28/h18-25H,4-17H2,1-3H3,(H,27,28)/t18?,19?,20?,21?,22?,23?,24-,25-. The first-order valence-electron chi connectivity index (χ1n) is 12.7. The summed E-state index contributed by atoms with van der Waals surface area (Å²) in [5.74, 6) is 5.79. The SMILES string of the molecule is CCCC1CCC(C(C)C2CCC(C(C)[C@H]3CC[C@H](C(=O)O)CC3)CC2)CC1. The molecule has 0 aromatic heterocycles. The monoisotopic (exact) mass is 390 g/mol. The molecule has 0 bridgehead atoms. The van der Waals surface area contributed by atoms with Crippen LogP contribution in [0.25, 0.3) is 0 Å². The van der Waals surface area contributed by atoms with Gasteiger partial charge in [0.2, 0.25) is 0 Å². The Balaban J connectivity index is 1.40. The highest BCUT2D eigenvalue weighted by atomic mass is 16.4. The zero-order valence-corrected chi connectivity index (χ0v) is 18.9. The second-order valence-corrected chi connectivity index (χ2v) is 10.9. The molecule has 162 valence electrons. The number of carboxylic acid groups (broad SMARTS) is 1. The summed E-state index contributed by atoms with van der Waals surface area (Å²) in [6.07, 6.45) is 18.7. The Morgan fingerprint density at radius 1 is 0.714 bits per heavy atom. The minimum absolute atomic E-state index is 0.0625. The summed E-state index contributed by atoms with van der Waals surface area (Å²) in [4.78, 5) is 11.2. The first-order chi connectivity index (χ1) is 13.5.